The van der Waals surface area contributed by atoms with Gasteiger partial charge in [-0.1, -0.05) is 17.7 Å². The lowest BCUT2D eigenvalue weighted by atomic mass is 9.78. The van der Waals surface area contributed by atoms with Crippen LogP contribution in [0, 0.1) is 18.3 Å². The summed E-state index contributed by atoms with van der Waals surface area (Å²) in [4.78, 5) is 12.5. The number of hydrogen-bond acceptors (Lipinski definition) is 6. The Morgan fingerprint density at radius 1 is 1.38 bits per heavy atom. The number of benzene rings is 2. The number of nitriles is 1. The number of nitrogens with zero attached hydrogens (tertiary/aromatic N) is 1. The van der Waals surface area contributed by atoms with Gasteiger partial charge in [0.2, 0.25) is 0 Å². The molecule has 2 aromatic rings. The van der Waals surface area contributed by atoms with E-state index in [2.05, 4.69) is 10.1 Å². The van der Waals surface area contributed by atoms with E-state index in [-0.39, 0.29) is 29.5 Å². The van der Waals surface area contributed by atoms with E-state index in [9.17, 15) is 28.3 Å². The van der Waals surface area contributed by atoms with Crippen LogP contribution in [-0.4, -0.2) is 36.6 Å². The molecule has 0 saturated heterocycles. The number of amides is 1. The predicted octanol–water partition coefficient (Wildman–Crippen LogP) is 2.86. The highest BCUT2D eigenvalue weighted by atomic mass is 35.5. The van der Waals surface area contributed by atoms with Gasteiger partial charge in [0.1, 0.15) is 18.1 Å². The fourth-order valence-electron chi connectivity index (χ4n) is 3.10. The maximum Gasteiger partial charge on any atom is 0.573 e. The Morgan fingerprint density at radius 2 is 2.03 bits per heavy atom. The first-order chi connectivity index (χ1) is 14.9. The zero-order chi connectivity index (χ0) is 23.7. The third-order valence-electron chi connectivity index (χ3n) is 4.67. The van der Waals surface area contributed by atoms with Crippen molar-refractivity contribution in [3.8, 4) is 17.6 Å². The summed E-state index contributed by atoms with van der Waals surface area (Å²) >= 11 is 6.36. The molecule has 0 aliphatic carbocycles. The molecule has 12 heteroatoms. The maximum absolute atomic E-state index is 12.5. The molecule has 1 aliphatic heterocycles. The normalized spacial score (nSPS) is 14.9. The van der Waals surface area contributed by atoms with E-state index in [1.165, 1.54) is 6.92 Å². The van der Waals surface area contributed by atoms with E-state index in [1.54, 1.807) is 13.0 Å². The Bertz CT molecular complexity index is 1070. The van der Waals surface area contributed by atoms with E-state index in [4.69, 9.17) is 21.0 Å². The van der Waals surface area contributed by atoms with Gasteiger partial charge >= 0.3 is 13.5 Å². The minimum Gasteiger partial charge on any atom is -0.488 e. The molecule has 7 nitrogen and oxygen atoms in total. The quantitative estimate of drug-likeness (QED) is 0.633. The molecule has 0 saturated carbocycles. The lowest BCUT2D eigenvalue weighted by Gasteiger charge is -2.25. The molecule has 2 N–H and O–H groups in total. The molecular weight excluding hydrogens is 451 g/mol. The van der Waals surface area contributed by atoms with Crippen molar-refractivity contribution in [3.05, 3.63) is 52.0 Å². The van der Waals surface area contributed by atoms with Crippen molar-refractivity contribution >= 4 is 30.1 Å². The molecule has 168 valence electrons. The Kier molecular flexibility index (Phi) is 6.60. The summed E-state index contributed by atoms with van der Waals surface area (Å²) in [6.45, 7) is 3.07. The summed E-state index contributed by atoms with van der Waals surface area (Å²) < 4.78 is 51.4. The Morgan fingerprint density at radius 3 is 2.62 bits per heavy atom. The highest BCUT2D eigenvalue weighted by Gasteiger charge is 2.34. The number of carbonyl (C=O) groups excluding carboxylic acids is 1. The minimum absolute atomic E-state index is 0.0213. The molecule has 32 heavy (non-hydrogen) atoms. The predicted molar refractivity (Wildman–Crippen MR) is 109 cm³/mol. The molecule has 1 amide bonds. The third kappa shape index (κ3) is 5.27. The van der Waals surface area contributed by atoms with Crippen LogP contribution in [0.2, 0.25) is 5.02 Å². The van der Waals surface area contributed by atoms with Crippen LogP contribution in [0.3, 0.4) is 0 Å². The Labute approximate surface area is 186 Å². The van der Waals surface area contributed by atoms with Crippen LogP contribution in [0.5, 0.6) is 11.5 Å². The van der Waals surface area contributed by atoms with Crippen LogP contribution in [0.15, 0.2) is 30.3 Å². The molecule has 1 heterocycles. The third-order valence-corrected chi connectivity index (χ3v) is 5.04. The number of ether oxygens (including phenoxy) is 2. The fraction of sp³-hybridized carbons (Fsp3) is 0.300. The van der Waals surface area contributed by atoms with Crippen LogP contribution >= 0.6 is 11.6 Å². The first-order valence-corrected chi connectivity index (χ1v) is 9.64. The molecule has 0 fully saturated rings. The number of nitrogens with one attached hydrogen (secondary N) is 1. The molecule has 1 aliphatic rings. The molecule has 0 radical (unpaired) electrons. The lowest BCUT2D eigenvalue weighted by Crippen LogP contribution is -2.49. The van der Waals surface area contributed by atoms with Gasteiger partial charge in [-0.3, -0.25) is 4.79 Å². The van der Waals surface area contributed by atoms with Gasteiger partial charge in [-0.15, -0.1) is 13.2 Å². The minimum atomic E-state index is -4.85. The van der Waals surface area contributed by atoms with Crippen molar-refractivity contribution in [1.82, 2.24) is 5.32 Å². The topological polar surface area (TPSA) is 101 Å². The van der Waals surface area contributed by atoms with Crippen molar-refractivity contribution in [1.29, 1.82) is 5.26 Å². The van der Waals surface area contributed by atoms with Gasteiger partial charge in [-0.25, -0.2) is 0 Å². The molecular formula is C20H17BClF3N2O5. The van der Waals surface area contributed by atoms with Crippen molar-refractivity contribution in [3.63, 3.8) is 0 Å². The summed E-state index contributed by atoms with van der Waals surface area (Å²) in [6, 6.07) is 7.95. The van der Waals surface area contributed by atoms with Crippen LogP contribution in [0.4, 0.5) is 13.2 Å². The summed E-state index contributed by atoms with van der Waals surface area (Å²) in [5.74, 6) is -0.940. The monoisotopic (exact) mass is 468 g/mol. The van der Waals surface area contributed by atoms with Crippen LogP contribution < -0.4 is 20.3 Å². The SMILES string of the molecule is Cc1cc2c(c(Cl)c1OCC(C)(C#N)NC(=O)c1ccc(OC(F)(F)F)cc1)B(O)OC2. The number of halogens is 4. The largest absolute Gasteiger partial charge is 0.573 e. The Hall–Kier alpha value is -2.94. The summed E-state index contributed by atoms with van der Waals surface area (Å²) in [7, 11) is -1.19. The van der Waals surface area contributed by atoms with Crippen molar-refractivity contribution in [2.75, 3.05) is 6.61 Å². The van der Waals surface area contributed by atoms with Gasteiger partial charge in [-0.2, -0.15) is 5.26 Å². The number of aryl methyl sites for hydroxylation is 1. The molecule has 2 aromatic carbocycles. The fourth-order valence-corrected chi connectivity index (χ4v) is 3.52. The van der Waals surface area contributed by atoms with Gasteiger partial charge in [0.15, 0.2) is 5.54 Å². The highest BCUT2D eigenvalue weighted by molar-refractivity contribution is 6.65. The summed E-state index contributed by atoms with van der Waals surface area (Å²) in [5, 5.41) is 22.2. The number of alkyl halides is 3. The molecule has 0 spiro atoms. The van der Waals surface area contributed by atoms with E-state index >= 15 is 0 Å². The number of fused-ring (bicyclic) bond motifs is 1. The van der Waals surface area contributed by atoms with Crippen molar-refractivity contribution in [2.24, 2.45) is 0 Å². The molecule has 0 bridgehead atoms. The highest BCUT2D eigenvalue weighted by Crippen LogP contribution is 2.32. The van der Waals surface area contributed by atoms with Crippen LogP contribution in [-0.2, 0) is 11.3 Å². The van der Waals surface area contributed by atoms with Gasteiger partial charge in [0.05, 0.1) is 17.7 Å². The van der Waals surface area contributed by atoms with E-state index in [0.29, 0.717) is 11.0 Å². The zero-order valence-corrected chi connectivity index (χ0v) is 17.7. The van der Waals surface area contributed by atoms with Gasteiger partial charge < -0.3 is 24.5 Å². The van der Waals surface area contributed by atoms with E-state index in [0.717, 1.165) is 29.8 Å². The van der Waals surface area contributed by atoms with E-state index in [1.807, 2.05) is 6.07 Å². The van der Waals surface area contributed by atoms with Crippen molar-refractivity contribution < 1.29 is 37.1 Å². The summed E-state index contributed by atoms with van der Waals surface area (Å²) in [5.41, 5.74) is 0.284. The standard InChI is InChI=1S/C20H17BClF3N2O5/c1-11-7-13-8-31-21(29)15(13)16(22)17(11)30-10-19(2,9-26)27-18(28)12-3-5-14(6-4-12)32-20(23,24)25/h3-7,29H,8,10H2,1-2H3,(H,27,28). The second kappa shape index (κ2) is 8.90. The van der Waals surface area contributed by atoms with Gasteiger partial charge in [0, 0.05) is 11.0 Å². The number of carbonyl (C=O) groups is 1. The van der Waals surface area contributed by atoms with Crippen molar-refractivity contribution in [2.45, 2.75) is 32.4 Å². The molecule has 0 aromatic heterocycles. The smallest absolute Gasteiger partial charge is 0.488 e. The molecule has 3 rings (SSSR count). The first-order valence-electron chi connectivity index (χ1n) is 9.26. The number of rotatable bonds is 6. The molecule has 1 unspecified atom stereocenters. The maximum atomic E-state index is 12.5. The van der Waals surface area contributed by atoms with Gasteiger partial charge in [-0.05, 0) is 49.2 Å². The first kappa shape index (κ1) is 23.7. The Balaban J connectivity index is 1.71. The van der Waals surface area contributed by atoms with Crippen LogP contribution in [0.25, 0.3) is 0 Å². The second-order valence-corrected chi connectivity index (χ2v) is 7.71. The second-order valence-electron chi connectivity index (χ2n) is 7.33. The van der Waals surface area contributed by atoms with E-state index < -0.39 is 30.7 Å². The average molecular weight is 469 g/mol. The average Bonchev–Trinajstić information content (AvgIpc) is 3.07. The lowest BCUT2D eigenvalue weighted by molar-refractivity contribution is -0.274. The zero-order valence-electron chi connectivity index (χ0n) is 16.9. The summed E-state index contributed by atoms with van der Waals surface area (Å²) in [6.07, 6.45) is -4.85. The molecule has 1 atom stereocenters. The number of hydrogen-bond donors (Lipinski definition) is 2. The van der Waals surface area contributed by atoms with Crippen LogP contribution in [0.1, 0.15) is 28.4 Å². The van der Waals surface area contributed by atoms with Gasteiger partial charge in [0.25, 0.3) is 5.91 Å².